The lowest BCUT2D eigenvalue weighted by Crippen LogP contribution is -2.51. The molecule has 196 valence electrons. The molecule has 0 aromatic heterocycles. The number of hydrogen-bond donors (Lipinski definition) is 1. The van der Waals surface area contributed by atoms with E-state index in [1.54, 1.807) is 0 Å². The van der Waals surface area contributed by atoms with E-state index in [2.05, 4.69) is 0 Å². The Balaban J connectivity index is 1.29. The van der Waals surface area contributed by atoms with Crippen LogP contribution in [0.15, 0.2) is 72.8 Å². The average molecular weight is 512 g/mol. The van der Waals surface area contributed by atoms with Gasteiger partial charge in [-0.1, -0.05) is 72.8 Å². The van der Waals surface area contributed by atoms with Crippen molar-refractivity contribution in [2.75, 3.05) is 0 Å². The quantitative estimate of drug-likeness (QED) is 0.434. The number of amides is 1. The highest BCUT2D eigenvalue weighted by molar-refractivity contribution is 5.88. The summed E-state index contributed by atoms with van der Waals surface area (Å²) in [7, 11) is 0. The van der Waals surface area contributed by atoms with Crippen LogP contribution in [-0.4, -0.2) is 34.0 Å². The van der Waals surface area contributed by atoms with Crippen LogP contribution in [0, 0.1) is 18.8 Å². The number of aliphatic carboxylic acids is 1. The molecule has 5 atom stereocenters. The number of carboxylic acid groups (broad SMARTS) is 1. The number of aryl methyl sites for hydroxylation is 1. The van der Waals surface area contributed by atoms with Crippen molar-refractivity contribution in [1.29, 1.82) is 0 Å². The van der Waals surface area contributed by atoms with Crippen LogP contribution in [0.3, 0.4) is 0 Å². The summed E-state index contributed by atoms with van der Waals surface area (Å²) in [6.07, 6.45) is 2.69. The second kappa shape index (κ2) is 10.3. The molecule has 3 aromatic carbocycles. The zero-order valence-electron chi connectivity index (χ0n) is 21.6. The van der Waals surface area contributed by atoms with Gasteiger partial charge in [0, 0.05) is 18.5 Å². The van der Waals surface area contributed by atoms with Crippen LogP contribution < -0.4 is 4.74 Å². The summed E-state index contributed by atoms with van der Waals surface area (Å²) in [6.45, 7) is 2.57. The third kappa shape index (κ3) is 4.81. The number of rotatable bonds is 8. The minimum Gasteiger partial charge on any atom is -0.488 e. The standard InChI is InChI=1S/C32H33NO5/c1-20-12-13-24-18-33(27(32(35)36)17-26(24)29(20)37-19-21-8-4-2-5-9-21)31(34)30(22-10-6-3-7-11-22)38-28-15-14-23-16-25(23)28/h2-13,23,25,27-28,30H,14-19H2,1H3,(H,35,36)/t23-,25+,27+,28+,30-/m1/s1. The summed E-state index contributed by atoms with van der Waals surface area (Å²) in [5.74, 6) is 0.655. The fraction of sp³-hybridized carbons (Fsp3) is 0.375. The van der Waals surface area contributed by atoms with E-state index in [-0.39, 0.29) is 25.0 Å². The van der Waals surface area contributed by atoms with Crippen molar-refractivity contribution in [3.8, 4) is 5.75 Å². The number of ether oxygens (including phenoxy) is 2. The number of carbonyl (C=O) groups is 2. The van der Waals surface area contributed by atoms with E-state index >= 15 is 0 Å². The van der Waals surface area contributed by atoms with Crippen LogP contribution in [0.2, 0.25) is 0 Å². The Bertz CT molecular complexity index is 1320. The summed E-state index contributed by atoms with van der Waals surface area (Å²) in [4.78, 5) is 28.1. The lowest BCUT2D eigenvalue weighted by molar-refractivity contribution is -0.160. The van der Waals surface area contributed by atoms with Crippen molar-refractivity contribution in [3.05, 3.63) is 101 Å². The molecule has 2 fully saturated rings. The van der Waals surface area contributed by atoms with Gasteiger partial charge in [0.1, 0.15) is 18.4 Å². The van der Waals surface area contributed by atoms with Gasteiger partial charge in [0.2, 0.25) is 0 Å². The van der Waals surface area contributed by atoms with Crippen LogP contribution in [0.4, 0.5) is 0 Å². The molecule has 1 aliphatic heterocycles. The fourth-order valence-corrected chi connectivity index (χ4v) is 6.19. The van der Waals surface area contributed by atoms with Gasteiger partial charge < -0.3 is 19.5 Å². The van der Waals surface area contributed by atoms with Crippen molar-refractivity contribution in [3.63, 3.8) is 0 Å². The van der Waals surface area contributed by atoms with Crippen LogP contribution >= 0.6 is 0 Å². The van der Waals surface area contributed by atoms with E-state index < -0.39 is 18.1 Å². The molecule has 1 N–H and O–H groups in total. The molecule has 6 nitrogen and oxygen atoms in total. The Morgan fingerprint density at radius 2 is 1.74 bits per heavy atom. The van der Waals surface area contributed by atoms with Gasteiger partial charge in [0.15, 0.2) is 6.10 Å². The highest BCUT2D eigenvalue weighted by atomic mass is 16.5. The number of benzene rings is 3. The van der Waals surface area contributed by atoms with Crippen LogP contribution in [0.25, 0.3) is 0 Å². The molecule has 3 aliphatic rings. The molecule has 0 unspecified atom stereocenters. The summed E-state index contributed by atoms with van der Waals surface area (Å²) >= 11 is 0. The minimum absolute atomic E-state index is 0.0511. The van der Waals surface area contributed by atoms with Crippen molar-refractivity contribution >= 4 is 11.9 Å². The maximum atomic E-state index is 14.1. The Kier molecular flexibility index (Phi) is 6.66. The highest BCUT2D eigenvalue weighted by Gasteiger charge is 2.50. The number of carbonyl (C=O) groups excluding carboxylic acids is 1. The van der Waals surface area contributed by atoms with Gasteiger partial charge in [0.25, 0.3) is 5.91 Å². The van der Waals surface area contributed by atoms with Gasteiger partial charge in [-0.2, -0.15) is 0 Å². The number of nitrogens with zero attached hydrogens (tertiary/aromatic N) is 1. The Morgan fingerprint density at radius 1 is 1.00 bits per heavy atom. The van der Waals surface area contributed by atoms with Gasteiger partial charge in [-0.05, 0) is 60.3 Å². The summed E-state index contributed by atoms with van der Waals surface area (Å²) < 4.78 is 12.7. The van der Waals surface area contributed by atoms with E-state index in [1.165, 1.54) is 11.3 Å². The summed E-state index contributed by atoms with van der Waals surface area (Å²) in [5.41, 5.74) is 4.55. The van der Waals surface area contributed by atoms with Crippen molar-refractivity contribution in [2.45, 2.75) is 64.0 Å². The van der Waals surface area contributed by atoms with E-state index in [4.69, 9.17) is 9.47 Å². The van der Waals surface area contributed by atoms with E-state index in [0.717, 1.165) is 46.6 Å². The Morgan fingerprint density at radius 3 is 2.39 bits per heavy atom. The van der Waals surface area contributed by atoms with Gasteiger partial charge in [0.05, 0.1) is 6.10 Å². The number of fused-ring (bicyclic) bond motifs is 2. The first-order chi connectivity index (χ1) is 18.5. The lowest BCUT2D eigenvalue weighted by atomic mass is 9.90. The number of carboxylic acids is 1. The third-order valence-electron chi connectivity index (χ3n) is 8.38. The molecule has 6 rings (SSSR count). The molecular weight excluding hydrogens is 478 g/mol. The second-order valence-corrected chi connectivity index (χ2v) is 10.9. The predicted molar refractivity (Wildman–Crippen MR) is 143 cm³/mol. The fourth-order valence-electron chi connectivity index (χ4n) is 6.19. The predicted octanol–water partition coefficient (Wildman–Crippen LogP) is 5.47. The van der Waals surface area contributed by atoms with Gasteiger partial charge in [-0.3, -0.25) is 4.79 Å². The molecule has 6 heteroatoms. The molecule has 3 aromatic rings. The molecule has 0 radical (unpaired) electrons. The molecule has 0 saturated heterocycles. The van der Waals surface area contributed by atoms with Crippen molar-refractivity contribution in [2.24, 2.45) is 11.8 Å². The average Bonchev–Trinajstić information content (AvgIpc) is 3.62. The number of hydrogen-bond acceptors (Lipinski definition) is 4. The van der Waals surface area contributed by atoms with E-state index in [1.807, 2.05) is 79.7 Å². The van der Waals surface area contributed by atoms with Crippen molar-refractivity contribution < 1.29 is 24.2 Å². The zero-order chi connectivity index (χ0) is 26.2. The van der Waals surface area contributed by atoms with Crippen LogP contribution in [0.5, 0.6) is 5.75 Å². The van der Waals surface area contributed by atoms with E-state index in [0.29, 0.717) is 18.3 Å². The van der Waals surface area contributed by atoms with Crippen molar-refractivity contribution in [1.82, 2.24) is 4.90 Å². The largest absolute Gasteiger partial charge is 0.488 e. The lowest BCUT2D eigenvalue weighted by Gasteiger charge is -2.38. The SMILES string of the molecule is Cc1ccc2c(c1OCc1ccccc1)C[C@@H](C(=O)O)N(C(=O)[C@H](O[C@H]1CC[C@@H]3C[C@@H]31)c1ccccc1)C2. The maximum Gasteiger partial charge on any atom is 0.326 e. The third-order valence-corrected chi connectivity index (χ3v) is 8.38. The molecule has 2 aliphatic carbocycles. The normalized spacial score (nSPS) is 24.3. The zero-order valence-corrected chi connectivity index (χ0v) is 21.6. The second-order valence-electron chi connectivity index (χ2n) is 10.9. The first-order valence-electron chi connectivity index (χ1n) is 13.5. The summed E-state index contributed by atoms with van der Waals surface area (Å²) in [6, 6.07) is 22.4. The smallest absolute Gasteiger partial charge is 0.326 e. The maximum absolute atomic E-state index is 14.1. The molecule has 0 bridgehead atoms. The van der Waals surface area contributed by atoms with Crippen LogP contribution in [0.1, 0.15) is 53.2 Å². The van der Waals surface area contributed by atoms with E-state index in [9.17, 15) is 14.7 Å². The van der Waals surface area contributed by atoms with Crippen LogP contribution in [-0.2, 0) is 33.9 Å². The molecular formula is C32H33NO5. The Hall–Kier alpha value is -3.64. The van der Waals surface area contributed by atoms with Gasteiger partial charge >= 0.3 is 5.97 Å². The highest BCUT2D eigenvalue weighted by Crippen LogP contribution is 2.54. The minimum atomic E-state index is -1.02. The molecule has 2 saturated carbocycles. The monoisotopic (exact) mass is 511 g/mol. The molecule has 38 heavy (non-hydrogen) atoms. The summed E-state index contributed by atoms with van der Waals surface area (Å²) in [5, 5.41) is 10.3. The van der Waals surface area contributed by atoms with Gasteiger partial charge in [-0.15, -0.1) is 0 Å². The Labute approximate surface area is 223 Å². The molecule has 0 spiro atoms. The molecule has 1 heterocycles. The van der Waals surface area contributed by atoms with Gasteiger partial charge in [-0.25, -0.2) is 4.79 Å². The first-order valence-corrected chi connectivity index (χ1v) is 13.5. The topological polar surface area (TPSA) is 76.1 Å². The first kappa shape index (κ1) is 24.7. The molecule has 1 amide bonds.